The first kappa shape index (κ1) is 16.2. The van der Waals surface area contributed by atoms with Crippen molar-refractivity contribution in [3.05, 3.63) is 22.4 Å². The molecule has 0 fully saturated rings. The Balaban J connectivity index is 2.66. The van der Waals surface area contributed by atoms with E-state index in [0.717, 1.165) is 6.20 Å². The van der Waals surface area contributed by atoms with Gasteiger partial charge in [0.2, 0.25) is 15.9 Å². The van der Waals surface area contributed by atoms with Crippen LogP contribution in [0.5, 0.6) is 0 Å². The second kappa shape index (κ2) is 7.04. The van der Waals surface area contributed by atoms with Gasteiger partial charge in [-0.2, -0.15) is 0 Å². The van der Waals surface area contributed by atoms with Gasteiger partial charge in [0.15, 0.2) is 0 Å². The topological polar surface area (TPSA) is 88.2 Å². The van der Waals surface area contributed by atoms with Gasteiger partial charge in [0.25, 0.3) is 0 Å². The smallest absolute Gasteiger partial charge is 0.242 e. The number of nitrogens with one attached hydrogen (secondary N) is 2. The van der Waals surface area contributed by atoms with Gasteiger partial charge in [-0.1, -0.05) is 23.2 Å². The molecule has 0 aliphatic heterocycles. The van der Waals surface area contributed by atoms with E-state index in [1.54, 1.807) is 6.92 Å². The number of hydrogen-bond acceptors (Lipinski definition) is 4. The molecule has 0 aromatic carbocycles. The van der Waals surface area contributed by atoms with E-state index in [-0.39, 0.29) is 33.9 Å². The fourth-order valence-corrected chi connectivity index (χ4v) is 2.55. The minimum absolute atomic E-state index is 0.00554. The summed E-state index contributed by atoms with van der Waals surface area (Å²) in [5, 5.41) is 2.64. The summed E-state index contributed by atoms with van der Waals surface area (Å²) in [4.78, 5) is 14.7. The van der Waals surface area contributed by atoms with Gasteiger partial charge in [-0.25, -0.2) is 18.1 Å². The summed E-state index contributed by atoms with van der Waals surface area (Å²) < 4.78 is 26.0. The van der Waals surface area contributed by atoms with Crippen molar-refractivity contribution >= 4 is 39.1 Å². The Bertz CT molecular complexity index is 563. The van der Waals surface area contributed by atoms with Gasteiger partial charge in [0.1, 0.15) is 10.0 Å². The first-order valence-electron chi connectivity index (χ1n) is 5.44. The van der Waals surface area contributed by atoms with E-state index in [1.807, 2.05) is 0 Å². The summed E-state index contributed by atoms with van der Waals surface area (Å²) in [6.45, 7) is 2.28. The zero-order chi connectivity index (χ0) is 14.5. The van der Waals surface area contributed by atoms with Crippen LogP contribution in [0.4, 0.5) is 0 Å². The summed E-state index contributed by atoms with van der Waals surface area (Å²) in [5.41, 5.74) is 0. The van der Waals surface area contributed by atoms with E-state index in [0.29, 0.717) is 6.54 Å². The minimum atomic E-state index is -3.75. The highest BCUT2D eigenvalue weighted by atomic mass is 35.5. The number of carbonyl (C=O) groups excluding carboxylic acids is 1. The molecule has 0 radical (unpaired) electrons. The van der Waals surface area contributed by atoms with E-state index in [9.17, 15) is 13.2 Å². The van der Waals surface area contributed by atoms with Crippen LogP contribution in [-0.4, -0.2) is 32.4 Å². The Labute approximate surface area is 121 Å². The molecule has 1 aromatic rings. The lowest BCUT2D eigenvalue weighted by Gasteiger charge is -2.07. The summed E-state index contributed by atoms with van der Waals surface area (Å²) in [5.74, 6) is -0.225. The maximum Gasteiger partial charge on any atom is 0.242 e. The third-order valence-corrected chi connectivity index (χ3v) is 4.21. The van der Waals surface area contributed by atoms with Crippen molar-refractivity contribution < 1.29 is 13.2 Å². The molecule has 0 saturated carbocycles. The molecule has 106 valence electrons. The molecule has 1 rings (SSSR count). The maximum atomic E-state index is 11.9. The van der Waals surface area contributed by atoms with Gasteiger partial charge in [-0.15, -0.1) is 0 Å². The number of aromatic nitrogens is 1. The molecule has 1 aromatic heterocycles. The fourth-order valence-electron chi connectivity index (χ4n) is 1.22. The van der Waals surface area contributed by atoms with Crippen LogP contribution in [-0.2, 0) is 14.8 Å². The largest absolute Gasteiger partial charge is 0.356 e. The first-order chi connectivity index (χ1) is 8.86. The van der Waals surface area contributed by atoms with Crippen LogP contribution >= 0.6 is 23.2 Å². The van der Waals surface area contributed by atoms with Crippen molar-refractivity contribution in [3.8, 4) is 0 Å². The highest BCUT2D eigenvalue weighted by molar-refractivity contribution is 7.89. The molecule has 0 atom stereocenters. The molecular weight excluding hydrogens is 313 g/mol. The molecule has 9 heteroatoms. The van der Waals surface area contributed by atoms with Crippen LogP contribution in [0.1, 0.15) is 13.3 Å². The predicted octanol–water partition coefficient (Wildman–Crippen LogP) is 1.19. The van der Waals surface area contributed by atoms with Gasteiger partial charge in [-0.3, -0.25) is 4.79 Å². The van der Waals surface area contributed by atoms with Crippen molar-refractivity contribution in [3.63, 3.8) is 0 Å². The summed E-state index contributed by atoms with van der Waals surface area (Å²) in [6.07, 6.45) is 1.16. The van der Waals surface area contributed by atoms with Gasteiger partial charge < -0.3 is 5.32 Å². The zero-order valence-corrected chi connectivity index (χ0v) is 12.4. The molecule has 19 heavy (non-hydrogen) atoms. The third kappa shape index (κ3) is 4.94. The fraction of sp³-hybridized carbons (Fsp3) is 0.400. The molecule has 0 bridgehead atoms. The lowest BCUT2D eigenvalue weighted by Crippen LogP contribution is -2.30. The highest BCUT2D eigenvalue weighted by Crippen LogP contribution is 2.21. The van der Waals surface area contributed by atoms with Crippen molar-refractivity contribution in [2.24, 2.45) is 0 Å². The van der Waals surface area contributed by atoms with E-state index < -0.39 is 10.0 Å². The van der Waals surface area contributed by atoms with Crippen molar-refractivity contribution in [1.82, 2.24) is 15.0 Å². The molecule has 1 amide bonds. The number of halogens is 2. The Morgan fingerprint density at radius 3 is 2.68 bits per heavy atom. The first-order valence-corrected chi connectivity index (χ1v) is 7.68. The van der Waals surface area contributed by atoms with Gasteiger partial charge in [-0.05, 0) is 13.0 Å². The summed E-state index contributed by atoms with van der Waals surface area (Å²) in [6, 6.07) is 1.20. The quantitative estimate of drug-likeness (QED) is 0.769. The highest BCUT2D eigenvalue weighted by Gasteiger charge is 2.16. The van der Waals surface area contributed by atoms with Crippen LogP contribution in [0, 0.1) is 0 Å². The Morgan fingerprint density at radius 1 is 1.42 bits per heavy atom. The molecule has 0 aliphatic carbocycles. The standard InChI is InChI=1S/C10H13Cl2N3O3S/c1-2-13-9(16)3-4-15-19(17,18)7-5-8(11)10(12)14-6-7/h5-6,15H,2-4H2,1H3,(H,13,16). The second-order valence-corrected chi connectivity index (χ2v) is 6.08. The van der Waals surface area contributed by atoms with E-state index >= 15 is 0 Å². The third-order valence-electron chi connectivity index (χ3n) is 2.10. The lowest BCUT2D eigenvalue weighted by molar-refractivity contribution is -0.120. The number of hydrogen-bond donors (Lipinski definition) is 2. The summed E-state index contributed by atoms with van der Waals surface area (Å²) in [7, 11) is -3.75. The monoisotopic (exact) mass is 325 g/mol. The van der Waals surface area contributed by atoms with Gasteiger partial charge in [0, 0.05) is 25.7 Å². The van der Waals surface area contributed by atoms with E-state index in [4.69, 9.17) is 23.2 Å². The summed E-state index contributed by atoms with van der Waals surface area (Å²) >= 11 is 11.3. The molecule has 6 nitrogen and oxygen atoms in total. The molecule has 0 saturated heterocycles. The normalized spacial score (nSPS) is 11.3. The van der Waals surface area contributed by atoms with Crippen LogP contribution in [0.15, 0.2) is 17.2 Å². The number of pyridine rings is 1. The van der Waals surface area contributed by atoms with Crippen molar-refractivity contribution in [2.75, 3.05) is 13.1 Å². The molecule has 0 unspecified atom stereocenters. The zero-order valence-electron chi connectivity index (χ0n) is 10.1. The van der Waals surface area contributed by atoms with E-state index in [2.05, 4.69) is 15.0 Å². The average Bonchev–Trinajstić information content (AvgIpc) is 2.32. The SMILES string of the molecule is CCNC(=O)CCNS(=O)(=O)c1cnc(Cl)c(Cl)c1. The Hall–Kier alpha value is -0.890. The van der Waals surface area contributed by atoms with Gasteiger partial charge >= 0.3 is 0 Å². The Morgan fingerprint density at radius 2 is 2.11 bits per heavy atom. The lowest BCUT2D eigenvalue weighted by atomic mass is 10.4. The molecule has 2 N–H and O–H groups in total. The van der Waals surface area contributed by atoms with Crippen molar-refractivity contribution in [2.45, 2.75) is 18.2 Å². The minimum Gasteiger partial charge on any atom is -0.356 e. The van der Waals surface area contributed by atoms with E-state index in [1.165, 1.54) is 6.07 Å². The Kier molecular flexibility index (Phi) is 5.99. The molecule has 0 aliphatic rings. The molecule has 0 spiro atoms. The van der Waals surface area contributed by atoms with Crippen LogP contribution in [0.3, 0.4) is 0 Å². The number of sulfonamides is 1. The molecule has 1 heterocycles. The average molecular weight is 326 g/mol. The number of amides is 1. The number of nitrogens with zero attached hydrogens (tertiary/aromatic N) is 1. The molecular formula is C10H13Cl2N3O3S. The van der Waals surface area contributed by atoms with Crippen LogP contribution in [0.25, 0.3) is 0 Å². The predicted molar refractivity (Wildman–Crippen MR) is 72.7 cm³/mol. The maximum absolute atomic E-state index is 11.9. The number of carbonyl (C=O) groups is 1. The van der Waals surface area contributed by atoms with Crippen LogP contribution in [0.2, 0.25) is 10.2 Å². The van der Waals surface area contributed by atoms with Crippen molar-refractivity contribution in [1.29, 1.82) is 0 Å². The van der Waals surface area contributed by atoms with Crippen LogP contribution < -0.4 is 10.0 Å². The second-order valence-electron chi connectivity index (χ2n) is 3.54. The number of rotatable bonds is 6. The van der Waals surface area contributed by atoms with Gasteiger partial charge in [0.05, 0.1) is 5.02 Å².